The first kappa shape index (κ1) is 8.74. The van der Waals surface area contributed by atoms with Crippen LogP contribution in [-0.4, -0.2) is 16.5 Å². The molecule has 0 amide bonds. The minimum Gasteiger partial charge on any atom is -0.507 e. The van der Waals surface area contributed by atoms with Gasteiger partial charge in [-0.25, -0.2) is 0 Å². The molecule has 0 radical (unpaired) electrons. The molecule has 3 nitrogen and oxygen atoms in total. The summed E-state index contributed by atoms with van der Waals surface area (Å²) in [5.41, 5.74) is 1.26. The Hall–Kier alpha value is -1.35. The lowest BCUT2D eigenvalue weighted by Gasteiger charge is -2.05. The van der Waals surface area contributed by atoms with Crippen molar-refractivity contribution in [2.75, 3.05) is 0 Å². The second kappa shape index (κ2) is 3.36. The maximum Gasteiger partial charge on any atom is 0.154 e. The molecule has 0 aliphatic carbocycles. The van der Waals surface area contributed by atoms with E-state index in [0.29, 0.717) is 17.4 Å². The summed E-state index contributed by atoms with van der Waals surface area (Å²) >= 11 is 0. The molecule has 0 aromatic heterocycles. The summed E-state index contributed by atoms with van der Waals surface area (Å²) in [6.07, 6.45) is 0.549. The van der Waals surface area contributed by atoms with Gasteiger partial charge in [-0.05, 0) is 18.1 Å². The number of aliphatic hydroxyl groups excluding tert-OH is 1. The highest BCUT2D eigenvalue weighted by molar-refractivity contribution is 5.82. The van der Waals surface area contributed by atoms with Gasteiger partial charge in [0.25, 0.3) is 0 Å². The largest absolute Gasteiger partial charge is 0.507 e. The number of phenols is 1. The average molecular weight is 166 g/mol. The van der Waals surface area contributed by atoms with Crippen molar-refractivity contribution in [1.82, 2.24) is 0 Å². The summed E-state index contributed by atoms with van der Waals surface area (Å²) in [5, 5.41) is 18.2. The van der Waals surface area contributed by atoms with Gasteiger partial charge in [0.05, 0.1) is 12.2 Å². The molecular formula is C9H10O3. The predicted octanol–water partition coefficient (Wildman–Crippen LogP) is 1.01. The number of aryl methyl sites for hydroxylation is 1. The van der Waals surface area contributed by atoms with Crippen LogP contribution >= 0.6 is 0 Å². The standard InChI is InChI=1S/C9H10O3/c1-6-2-3-7(4-10)8(5-11)9(6)12/h2-3,5,10,12H,4H2,1H3. The number of carbonyl (C=O) groups is 1. The Labute approximate surface area is 70.3 Å². The van der Waals surface area contributed by atoms with Crippen molar-refractivity contribution in [2.24, 2.45) is 0 Å². The Morgan fingerprint density at radius 2 is 2.17 bits per heavy atom. The Morgan fingerprint density at radius 3 is 2.67 bits per heavy atom. The van der Waals surface area contributed by atoms with E-state index in [2.05, 4.69) is 0 Å². The molecule has 3 heteroatoms. The van der Waals surface area contributed by atoms with E-state index < -0.39 is 0 Å². The van der Waals surface area contributed by atoms with Crippen molar-refractivity contribution in [3.8, 4) is 5.75 Å². The zero-order valence-corrected chi connectivity index (χ0v) is 6.74. The van der Waals surface area contributed by atoms with Crippen LogP contribution in [0, 0.1) is 6.92 Å². The highest BCUT2D eigenvalue weighted by atomic mass is 16.3. The molecule has 0 unspecified atom stereocenters. The third kappa shape index (κ3) is 1.31. The molecule has 12 heavy (non-hydrogen) atoms. The molecular weight excluding hydrogens is 156 g/mol. The Bertz CT molecular complexity index is 305. The van der Waals surface area contributed by atoms with Crippen LogP contribution in [-0.2, 0) is 6.61 Å². The predicted molar refractivity (Wildman–Crippen MR) is 44.2 cm³/mol. The van der Waals surface area contributed by atoms with Crippen molar-refractivity contribution < 1.29 is 15.0 Å². The van der Waals surface area contributed by atoms with Gasteiger partial charge in [0.15, 0.2) is 6.29 Å². The number of rotatable bonds is 2. The first-order valence-electron chi connectivity index (χ1n) is 3.58. The summed E-state index contributed by atoms with van der Waals surface area (Å²) in [6, 6.07) is 3.28. The van der Waals surface area contributed by atoms with Gasteiger partial charge >= 0.3 is 0 Å². The third-order valence-corrected chi connectivity index (χ3v) is 1.80. The summed E-state index contributed by atoms with van der Waals surface area (Å²) in [4.78, 5) is 10.5. The zero-order chi connectivity index (χ0) is 9.14. The first-order chi connectivity index (χ1) is 5.70. The summed E-state index contributed by atoms with van der Waals surface area (Å²) in [7, 11) is 0. The summed E-state index contributed by atoms with van der Waals surface area (Å²) in [6.45, 7) is 1.46. The molecule has 0 saturated carbocycles. The molecule has 64 valence electrons. The number of hydrogen-bond acceptors (Lipinski definition) is 3. The Morgan fingerprint density at radius 1 is 1.50 bits per heavy atom. The molecule has 0 fully saturated rings. The lowest BCUT2D eigenvalue weighted by atomic mass is 10.0. The van der Waals surface area contributed by atoms with Crippen LogP contribution in [0.4, 0.5) is 0 Å². The second-order valence-corrected chi connectivity index (χ2v) is 2.58. The fourth-order valence-electron chi connectivity index (χ4n) is 1.03. The van der Waals surface area contributed by atoms with Gasteiger partial charge in [0, 0.05) is 0 Å². The molecule has 0 atom stereocenters. The number of aliphatic hydroxyl groups is 1. The van der Waals surface area contributed by atoms with E-state index >= 15 is 0 Å². The molecule has 0 aliphatic heterocycles. The molecule has 0 bridgehead atoms. The number of aromatic hydroxyl groups is 1. The van der Waals surface area contributed by atoms with Crippen LogP contribution in [0.25, 0.3) is 0 Å². The van der Waals surface area contributed by atoms with Crippen LogP contribution < -0.4 is 0 Å². The first-order valence-corrected chi connectivity index (χ1v) is 3.58. The van der Waals surface area contributed by atoms with E-state index in [-0.39, 0.29) is 17.9 Å². The van der Waals surface area contributed by atoms with E-state index in [1.165, 1.54) is 0 Å². The lowest BCUT2D eigenvalue weighted by molar-refractivity contribution is 0.111. The van der Waals surface area contributed by atoms with Gasteiger partial charge in [-0.3, -0.25) is 4.79 Å². The van der Waals surface area contributed by atoms with Gasteiger partial charge in [-0.2, -0.15) is 0 Å². The zero-order valence-electron chi connectivity index (χ0n) is 6.74. The molecule has 1 aromatic carbocycles. The van der Waals surface area contributed by atoms with Crippen molar-refractivity contribution in [3.63, 3.8) is 0 Å². The van der Waals surface area contributed by atoms with E-state index in [9.17, 15) is 9.90 Å². The minimum absolute atomic E-state index is 0.0449. The molecule has 0 aliphatic rings. The van der Waals surface area contributed by atoms with Crippen molar-refractivity contribution in [3.05, 3.63) is 28.8 Å². The molecule has 1 rings (SSSR count). The monoisotopic (exact) mass is 166 g/mol. The van der Waals surface area contributed by atoms with Gasteiger partial charge in [0.2, 0.25) is 0 Å². The van der Waals surface area contributed by atoms with E-state index in [1.807, 2.05) is 0 Å². The SMILES string of the molecule is Cc1ccc(CO)c(C=O)c1O. The molecule has 0 heterocycles. The maximum absolute atomic E-state index is 10.5. The average Bonchev–Trinajstić information content (AvgIpc) is 2.09. The van der Waals surface area contributed by atoms with Crippen molar-refractivity contribution >= 4 is 6.29 Å². The normalized spacial score (nSPS) is 9.83. The van der Waals surface area contributed by atoms with Gasteiger partial charge in [-0.15, -0.1) is 0 Å². The molecule has 2 N–H and O–H groups in total. The second-order valence-electron chi connectivity index (χ2n) is 2.58. The smallest absolute Gasteiger partial charge is 0.154 e. The minimum atomic E-state index is -0.234. The fraction of sp³-hybridized carbons (Fsp3) is 0.222. The highest BCUT2D eigenvalue weighted by Gasteiger charge is 2.07. The van der Waals surface area contributed by atoms with Crippen molar-refractivity contribution in [1.29, 1.82) is 0 Å². The van der Waals surface area contributed by atoms with Gasteiger partial charge in [-0.1, -0.05) is 12.1 Å². The number of phenolic OH excluding ortho intramolecular Hbond substituents is 1. The van der Waals surface area contributed by atoms with Gasteiger partial charge < -0.3 is 10.2 Å². The van der Waals surface area contributed by atoms with Crippen LogP contribution in [0.3, 0.4) is 0 Å². The van der Waals surface area contributed by atoms with E-state index in [1.54, 1.807) is 19.1 Å². The van der Waals surface area contributed by atoms with E-state index in [4.69, 9.17) is 5.11 Å². The molecule has 0 saturated heterocycles. The fourth-order valence-corrected chi connectivity index (χ4v) is 1.03. The third-order valence-electron chi connectivity index (χ3n) is 1.80. The van der Waals surface area contributed by atoms with Crippen LogP contribution in [0.1, 0.15) is 21.5 Å². The number of hydrogen-bond donors (Lipinski definition) is 2. The highest BCUT2D eigenvalue weighted by Crippen LogP contribution is 2.23. The van der Waals surface area contributed by atoms with Crippen LogP contribution in [0.15, 0.2) is 12.1 Å². The quantitative estimate of drug-likeness (QED) is 0.644. The number of aldehydes is 1. The molecule has 0 spiro atoms. The summed E-state index contributed by atoms with van der Waals surface area (Å²) < 4.78 is 0. The van der Waals surface area contributed by atoms with Gasteiger partial charge in [0.1, 0.15) is 5.75 Å². The lowest BCUT2D eigenvalue weighted by Crippen LogP contribution is -1.94. The van der Waals surface area contributed by atoms with Crippen molar-refractivity contribution in [2.45, 2.75) is 13.5 Å². The number of carbonyl (C=O) groups excluding carboxylic acids is 1. The summed E-state index contributed by atoms with van der Waals surface area (Å²) in [5.74, 6) is -0.0449. The Balaban J connectivity index is 3.35. The van der Waals surface area contributed by atoms with E-state index in [0.717, 1.165) is 0 Å². The number of benzene rings is 1. The van der Waals surface area contributed by atoms with Crippen LogP contribution in [0.5, 0.6) is 5.75 Å². The van der Waals surface area contributed by atoms with Crippen LogP contribution in [0.2, 0.25) is 0 Å². The maximum atomic E-state index is 10.5. The Kier molecular flexibility index (Phi) is 2.45. The molecule has 1 aromatic rings. The topological polar surface area (TPSA) is 57.5 Å².